The summed E-state index contributed by atoms with van der Waals surface area (Å²) in [6.45, 7) is 0. The Labute approximate surface area is 154 Å². The summed E-state index contributed by atoms with van der Waals surface area (Å²) >= 11 is 0. The highest BCUT2D eigenvalue weighted by Crippen LogP contribution is 2.25. The van der Waals surface area contributed by atoms with Crippen LogP contribution in [0, 0.1) is 0 Å². The Morgan fingerprint density at radius 2 is 1.65 bits per heavy atom. The highest BCUT2D eigenvalue weighted by Gasteiger charge is 2.24. The average molecular weight is 351 g/mol. The molecule has 1 aliphatic rings. The Morgan fingerprint density at radius 1 is 1.00 bits per heavy atom. The van der Waals surface area contributed by atoms with Crippen LogP contribution in [0.2, 0.25) is 0 Å². The molecule has 0 saturated heterocycles. The molecule has 3 N–H and O–H groups in total. The van der Waals surface area contributed by atoms with Gasteiger partial charge in [0.15, 0.2) is 0 Å². The molecule has 2 amide bonds. The Bertz CT molecular complexity index is 780. The first-order chi connectivity index (χ1) is 12.6. The van der Waals surface area contributed by atoms with E-state index in [1.807, 2.05) is 24.1 Å². The third kappa shape index (κ3) is 4.04. The van der Waals surface area contributed by atoms with Gasteiger partial charge >= 0.3 is 0 Å². The average Bonchev–Trinajstić information content (AvgIpc) is 2.68. The van der Waals surface area contributed by atoms with Crippen LogP contribution < -0.4 is 11.1 Å². The Morgan fingerprint density at radius 3 is 2.35 bits per heavy atom. The van der Waals surface area contributed by atoms with Crippen LogP contribution in [-0.4, -0.2) is 29.8 Å². The molecule has 0 bridgehead atoms. The van der Waals surface area contributed by atoms with Crippen LogP contribution in [0.15, 0.2) is 48.5 Å². The van der Waals surface area contributed by atoms with Gasteiger partial charge in [-0.1, -0.05) is 31.4 Å². The van der Waals surface area contributed by atoms with Crippen molar-refractivity contribution in [2.24, 2.45) is 0 Å². The van der Waals surface area contributed by atoms with E-state index in [9.17, 15) is 9.59 Å². The zero-order valence-corrected chi connectivity index (χ0v) is 15.1. The quantitative estimate of drug-likeness (QED) is 0.820. The summed E-state index contributed by atoms with van der Waals surface area (Å²) in [5.74, 6) is -0.310. The van der Waals surface area contributed by atoms with Gasteiger partial charge in [0.2, 0.25) is 0 Å². The molecule has 0 aromatic heterocycles. The zero-order valence-electron chi connectivity index (χ0n) is 15.1. The number of hydrogen-bond acceptors (Lipinski definition) is 3. The number of amides is 2. The summed E-state index contributed by atoms with van der Waals surface area (Å²) in [6.07, 6.45) is 5.66. The molecule has 0 atom stereocenters. The van der Waals surface area contributed by atoms with Crippen LogP contribution in [-0.2, 0) is 0 Å². The number of rotatable bonds is 4. The largest absolute Gasteiger partial charge is 0.399 e. The van der Waals surface area contributed by atoms with E-state index in [2.05, 4.69) is 5.32 Å². The van der Waals surface area contributed by atoms with Crippen molar-refractivity contribution in [3.63, 3.8) is 0 Å². The third-order valence-corrected chi connectivity index (χ3v) is 5.02. The van der Waals surface area contributed by atoms with Gasteiger partial charge in [-0.05, 0) is 49.2 Å². The van der Waals surface area contributed by atoms with Gasteiger partial charge in [-0.3, -0.25) is 9.59 Å². The maximum Gasteiger partial charge on any atom is 0.255 e. The van der Waals surface area contributed by atoms with E-state index < -0.39 is 0 Å². The molecular formula is C21H25N3O2. The van der Waals surface area contributed by atoms with Crippen LogP contribution in [0.3, 0.4) is 0 Å². The van der Waals surface area contributed by atoms with E-state index in [1.165, 1.54) is 6.42 Å². The van der Waals surface area contributed by atoms with Gasteiger partial charge in [0.1, 0.15) is 0 Å². The second kappa shape index (κ2) is 8.04. The van der Waals surface area contributed by atoms with Crippen molar-refractivity contribution in [3.8, 4) is 0 Å². The minimum atomic E-state index is -0.259. The normalized spacial score (nSPS) is 14.7. The van der Waals surface area contributed by atoms with Gasteiger partial charge in [-0.2, -0.15) is 0 Å². The molecule has 136 valence electrons. The number of carbonyl (C=O) groups is 2. The highest BCUT2D eigenvalue weighted by molar-refractivity contribution is 6.09. The fourth-order valence-corrected chi connectivity index (χ4v) is 3.43. The first-order valence-corrected chi connectivity index (χ1v) is 9.09. The molecule has 1 aliphatic carbocycles. The summed E-state index contributed by atoms with van der Waals surface area (Å²) in [5, 5.41) is 2.86. The number of nitrogen functional groups attached to an aromatic ring is 1. The summed E-state index contributed by atoms with van der Waals surface area (Å²) < 4.78 is 0. The number of nitrogens with zero attached hydrogens (tertiary/aromatic N) is 1. The molecular weight excluding hydrogens is 326 g/mol. The van der Waals surface area contributed by atoms with E-state index in [4.69, 9.17) is 5.73 Å². The smallest absolute Gasteiger partial charge is 0.255 e. The maximum atomic E-state index is 13.0. The Balaban J connectivity index is 1.78. The Hall–Kier alpha value is -2.82. The van der Waals surface area contributed by atoms with Crippen molar-refractivity contribution in [3.05, 3.63) is 59.7 Å². The molecule has 0 unspecified atom stereocenters. The molecule has 26 heavy (non-hydrogen) atoms. The topological polar surface area (TPSA) is 75.4 Å². The van der Waals surface area contributed by atoms with Crippen molar-refractivity contribution in [1.82, 2.24) is 4.90 Å². The molecule has 0 aliphatic heterocycles. The van der Waals surface area contributed by atoms with E-state index in [0.717, 1.165) is 25.7 Å². The van der Waals surface area contributed by atoms with E-state index in [0.29, 0.717) is 22.5 Å². The summed E-state index contributed by atoms with van der Waals surface area (Å²) in [4.78, 5) is 27.3. The van der Waals surface area contributed by atoms with Crippen LogP contribution in [0.1, 0.15) is 52.8 Å². The lowest BCUT2D eigenvalue weighted by Gasteiger charge is -2.31. The number of nitrogens with two attached hydrogens (primary N) is 1. The SMILES string of the molecule is CN(C(=O)c1ccccc1NC(=O)c1ccc(N)cc1)C1CCCCC1. The minimum absolute atomic E-state index is 0.0508. The van der Waals surface area contributed by atoms with Gasteiger partial charge in [-0.25, -0.2) is 0 Å². The third-order valence-electron chi connectivity index (χ3n) is 5.02. The zero-order chi connectivity index (χ0) is 18.5. The van der Waals surface area contributed by atoms with Gasteiger partial charge in [0.05, 0.1) is 11.3 Å². The summed E-state index contributed by atoms with van der Waals surface area (Å²) in [5.41, 5.74) is 7.82. The first kappa shape index (κ1) is 18.0. The lowest BCUT2D eigenvalue weighted by molar-refractivity contribution is 0.0697. The van der Waals surface area contributed by atoms with Crippen LogP contribution in [0.5, 0.6) is 0 Å². The van der Waals surface area contributed by atoms with Crippen LogP contribution in [0.4, 0.5) is 11.4 Å². The lowest BCUT2D eigenvalue weighted by Crippen LogP contribution is -2.38. The van der Waals surface area contributed by atoms with Gasteiger partial charge < -0.3 is 16.0 Å². The molecule has 0 radical (unpaired) electrons. The molecule has 3 rings (SSSR count). The van der Waals surface area contributed by atoms with Gasteiger partial charge in [-0.15, -0.1) is 0 Å². The van der Waals surface area contributed by atoms with Gasteiger partial charge in [0, 0.05) is 24.3 Å². The molecule has 5 nitrogen and oxygen atoms in total. The monoisotopic (exact) mass is 351 g/mol. The molecule has 2 aromatic rings. The van der Waals surface area contributed by atoms with Crippen LogP contribution >= 0.6 is 0 Å². The Kier molecular flexibility index (Phi) is 5.56. The van der Waals surface area contributed by atoms with Crippen molar-refractivity contribution < 1.29 is 9.59 Å². The van der Waals surface area contributed by atoms with Crippen molar-refractivity contribution in [2.45, 2.75) is 38.1 Å². The fourth-order valence-electron chi connectivity index (χ4n) is 3.43. The van der Waals surface area contributed by atoms with E-state index in [-0.39, 0.29) is 17.9 Å². The number of anilines is 2. The summed E-state index contributed by atoms with van der Waals surface area (Å²) in [7, 11) is 1.86. The highest BCUT2D eigenvalue weighted by atomic mass is 16.2. The minimum Gasteiger partial charge on any atom is -0.399 e. The molecule has 5 heteroatoms. The second-order valence-electron chi connectivity index (χ2n) is 6.83. The van der Waals surface area contributed by atoms with E-state index in [1.54, 1.807) is 36.4 Å². The van der Waals surface area contributed by atoms with Crippen LogP contribution in [0.25, 0.3) is 0 Å². The molecule has 2 aromatic carbocycles. The van der Waals surface area contributed by atoms with Crippen molar-refractivity contribution in [2.75, 3.05) is 18.1 Å². The number of carbonyl (C=O) groups excluding carboxylic acids is 2. The number of para-hydroxylation sites is 1. The molecule has 0 spiro atoms. The number of nitrogens with one attached hydrogen (secondary N) is 1. The predicted octanol–water partition coefficient (Wildman–Crippen LogP) is 3.93. The molecule has 1 saturated carbocycles. The summed E-state index contributed by atoms with van der Waals surface area (Å²) in [6, 6.07) is 14.1. The molecule has 1 fully saturated rings. The predicted molar refractivity (Wildman–Crippen MR) is 104 cm³/mol. The van der Waals surface area contributed by atoms with Crippen molar-refractivity contribution in [1.29, 1.82) is 0 Å². The van der Waals surface area contributed by atoms with Gasteiger partial charge in [0.25, 0.3) is 11.8 Å². The van der Waals surface area contributed by atoms with Crippen molar-refractivity contribution >= 4 is 23.2 Å². The molecule has 0 heterocycles. The number of benzene rings is 2. The first-order valence-electron chi connectivity index (χ1n) is 9.09. The number of hydrogen-bond donors (Lipinski definition) is 2. The maximum absolute atomic E-state index is 13.0. The lowest BCUT2D eigenvalue weighted by atomic mass is 9.94. The fraction of sp³-hybridized carbons (Fsp3) is 0.333. The standard InChI is InChI=1S/C21H25N3O2/c1-24(17-7-3-2-4-8-17)21(26)18-9-5-6-10-19(18)23-20(25)15-11-13-16(22)14-12-15/h5-6,9-14,17H,2-4,7-8,22H2,1H3,(H,23,25). The second-order valence-corrected chi connectivity index (χ2v) is 6.83. The van der Waals surface area contributed by atoms with E-state index >= 15 is 0 Å².